The molecule has 7 rings (SSSR count). The molecule has 0 amide bonds. The van der Waals surface area contributed by atoms with Gasteiger partial charge in [-0.3, -0.25) is 0 Å². The van der Waals surface area contributed by atoms with E-state index in [4.69, 9.17) is 4.74 Å². The summed E-state index contributed by atoms with van der Waals surface area (Å²) in [7, 11) is 1.68. The predicted molar refractivity (Wildman–Crippen MR) is 263 cm³/mol. The Morgan fingerprint density at radius 2 is 1.06 bits per heavy atom. The van der Waals surface area contributed by atoms with Crippen LogP contribution in [0.1, 0.15) is 198 Å². The minimum Gasteiger partial charge on any atom is -1.00 e. The van der Waals surface area contributed by atoms with Crippen LogP contribution in [0, 0.1) is 89.7 Å². The first-order valence-corrected chi connectivity index (χ1v) is 26.8. The van der Waals surface area contributed by atoms with E-state index in [9.17, 15) is 33.0 Å². The maximum absolute atomic E-state index is 14.2. The van der Waals surface area contributed by atoms with E-state index in [1.54, 1.807) is 32.2 Å². The maximum atomic E-state index is 14.2. The van der Waals surface area contributed by atoms with Gasteiger partial charge in [0.15, 0.2) is 23.3 Å². The molecule has 2 N–H and O–H groups in total. The zero-order valence-electron chi connectivity index (χ0n) is 43.7. The number of ether oxygens (including phenoxy) is 1. The molecule has 5 aliphatic rings. The molecule has 10 heteroatoms. The molecule has 5 nitrogen and oxygen atoms in total. The Kier molecular flexibility index (Phi) is 26.7. The summed E-state index contributed by atoms with van der Waals surface area (Å²) in [6.07, 6.45) is 32.6. The number of hydrogen-bond donors (Lipinski definition) is 2. The first-order chi connectivity index (χ1) is 31.7. The largest absolute Gasteiger partial charge is 1.00 e. The fourth-order valence-corrected chi connectivity index (χ4v) is 12.1. The van der Waals surface area contributed by atoms with Crippen LogP contribution < -0.4 is 51.4 Å². The Balaban J connectivity index is 0.000000302. The van der Waals surface area contributed by atoms with E-state index in [1.165, 1.54) is 147 Å². The molecule has 376 valence electrons. The van der Waals surface area contributed by atoms with Crippen LogP contribution in [0.2, 0.25) is 0 Å². The summed E-state index contributed by atoms with van der Waals surface area (Å²) in [6.45, 7) is 10.1. The van der Waals surface area contributed by atoms with Gasteiger partial charge in [0.2, 0.25) is 0 Å². The number of likely N-dealkylation sites (N-methyl/N-ethyl adjacent to an activating group) is 1. The van der Waals surface area contributed by atoms with Crippen molar-refractivity contribution in [1.82, 2.24) is 0 Å². The minimum atomic E-state index is -1.37. The number of rotatable bonds is 15. The molecule has 1 aliphatic heterocycles. The second-order valence-corrected chi connectivity index (χ2v) is 21.8. The zero-order valence-corrected chi connectivity index (χ0v) is 45.8. The number of aliphatic hydroxyl groups excluding tert-OH is 2. The molecule has 4 saturated carbocycles. The van der Waals surface area contributed by atoms with Gasteiger partial charge < -0.3 is 26.2 Å². The standard InChI is InChI=1S/C26H40F2O2.C26H38F2.C5H11NO2.K.H/c1-3-4-5-6-18-8-10-19(11-9-18)20-12-14-21(15-13-20)25(29)26(30)22-16-7-17(2)23(27)24(22)28;1-3-4-5-6-20-8-14-22(15-9-20)23-16-10-21(11-17-23)12-18-24-13-7-19(2)25(27)26(24)28;1-6(7)2-4-8-5-3-6;;/h7,16,18-21,25-26,29-30H,3-6,8-15H2,1-2H3;7,12-13,18,20-23H,3-6,8-11,14-17H2,1-2H3;2-5H2,1H3;;/q;;;+1;-1/b;18-12+;;;. The Morgan fingerprint density at radius 3 is 1.51 bits per heavy atom. The van der Waals surface area contributed by atoms with E-state index >= 15 is 0 Å². The quantitative estimate of drug-likeness (QED) is 0.0613. The molecule has 5 fully saturated rings. The first-order valence-electron chi connectivity index (χ1n) is 26.8. The number of nitrogens with zero attached hydrogens (tertiary/aromatic N) is 1. The van der Waals surface area contributed by atoms with Gasteiger partial charge in [0.25, 0.3) is 0 Å². The third-order valence-corrected chi connectivity index (χ3v) is 16.9. The Morgan fingerprint density at radius 1 is 0.627 bits per heavy atom. The van der Waals surface area contributed by atoms with Gasteiger partial charge in [-0.1, -0.05) is 127 Å². The van der Waals surface area contributed by atoms with E-state index < -0.39 is 35.5 Å². The van der Waals surface area contributed by atoms with Crippen molar-refractivity contribution in [2.75, 3.05) is 33.4 Å². The third kappa shape index (κ3) is 18.7. The average molecular weight is 968 g/mol. The van der Waals surface area contributed by atoms with Crippen LogP contribution in [0.15, 0.2) is 30.3 Å². The number of aliphatic hydroxyl groups is 2. The summed E-state index contributed by atoms with van der Waals surface area (Å²) in [5.41, 5.74) is 0.828. The van der Waals surface area contributed by atoms with Gasteiger partial charge >= 0.3 is 51.4 Å². The number of aryl methyl sites for hydroxylation is 2. The van der Waals surface area contributed by atoms with Crippen molar-refractivity contribution in [2.24, 2.45) is 47.3 Å². The predicted octanol–water partition coefficient (Wildman–Crippen LogP) is 12.4. The summed E-state index contributed by atoms with van der Waals surface area (Å²) in [5.74, 6) is 2.35. The first kappa shape index (κ1) is 58.9. The maximum Gasteiger partial charge on any atom is 1.00 e. The Labute approximate surface area is 448 Å². The van der Waals surface area contributed by atoms with Gasteiger partial charge in [0, 0.05) is 11.1 Å². The van der Waals surface area contributed by atoms with Gasteiger partial charge in [-0.15, -0.1) is 0 Å². The molecule has 0 radical (unpaired) electrons. The van der Waals surface area contributed by atoms with Crippen LogP contribution in [0.4, 0.5) is 17.6 Å². The summed E-state index contributed by atoms with van der Waals surface area (Å²) in [5, 5.41) is 32.2. The number of unbranched alkanes of at least 4 members (excludes halogenated alkanes) is 4. The Bertz CT molecular complexity index is 1730. The molecule has 1 heterocycles. The number of allylic oxidation sites excluding steroid dienone is 1. The molecule has 2 atom stereocenters. The number of hydroxylamine groups is 3. The van der Waals surface area contributed by atoms with Gasteiger partial charge in [-0.25, -0.2) is 17.6 Å². The monoisotopic (exact) mass is 968 g/mol. The average Bonchev–Trinajstić information content (AvgIpc) is 3.33. The van der Waals surface area contributed by atoms with Crippen LogP contribution in [-0.4, -0.2) is 54.3 Å². The minimum absolute atomic E-state index is 0. The van der Waals surface area contributed by atoms with Crippen molar-refractivity contribution in [3.63, 3.8) is 0 Å². The molecule has 0 spiro atoms. The van der Waals surface area contributed by atoms with Crippen molar-refractivity contribution in [1.29, 1.82) is 0 Å². The number of morpholine rings is 1. The molecule has 1 saturated heterocycles. The summed E-state index contributed by atoms with van der Waals surface area (Å²) < 4.78 is 60.7. The summed E-state index contributed by atoms with van der Waals surface area (Å²) in [6, 6.07) is 6.20. The number of benzene rings is 2. The molecule has 0 aromatic heterocycles. The van der Waals surface area contributed by atoms with E-state index in [0.717, 1.165) is 61.2 Å². The molecule has 67 heavy (non-hydrogen) atoms. The van der Waals surface area contributed by atoms with Crippen LogP contribution in [0.25, 0.3) is 6.08 Å². The number of halogens is 4. The number of hydrogen-bond acceptors (Lipinski definition) is 4. The molecule has 2 aromatic carbocycles. The van der Waals surface area contributed by atoms with Crippen molar-refractivity contribution in [2.45, 2.75) is 194 Å². The van der Waals surface area contributed by atoms with E-state index in [0.29, 0.717) is 43.3 Å². The molecule has 2 aromatic rings. The van der Waals surface area contributed by atoms with Crippen molar-refractivity contribution in [3.05, 3.63) is 81.1 Å². The molecule has 4 aliphatic carbocycles. The zero-order chi connectivity index (χ0) is 47.6. The second kappa shape index (κ2) is 30.4. The van der Waals surface area contributed by atoms with Crippen LogP contribution >= 0.6 is 0 Å². The fourth-order valence-electron chi connectivity index (χ4n) is 12.1. The van der Waals surface area contributed by atoms with Crippen molar-refractivity contribution in [3.8, 4) is 0 Å². The van der Waals surface area contributed by atoms with Gasteiger partial charge in [-0.2, -0.15) is 0 Å². The normalized spacial score (nSPS) is 28.5. The fraction of sp³-hybridized carbons (Fsp3) is 0.754. The van der Waals surface area contributed by atoms with E-state index in [-0.39, 0.29) is 74.5 Å². The van der Waals surface area contributed by atoms with Crippen LogP contribution in [0.5, 0.6) is 0 Å². The van der Waals surface area contributed by atoms with E-state index in [2.05, 4.69) is 19.9 Å². The van der Waals surface area contributed by atoms with Crippen LogP contribution in [0.3, 0.4) is 0 Å². The van der Waals surface area contributed by atoms with Gasteiger partial charge in [0.1, 0.15) is 19.2 Å². The van der Waals surface area contributed by atoms with Gasteiger partial charge in [-0.05, 0) is 149 Å². The molecular formula is C57H90F4KNO4. The molecule has 2 unspecified atom stereocenters. The molecular weight excluding hydrogens is 878 g/mol. The van der Waals surface area contributed by atoms with Crippen molar-refractivity contribution >= 4 is 6.08 Å². The summed E-state index contributed by atoms with van der Waals surface area (Å²) in [4.78, 5) is 0. The summed E-state index contributed by atoms with van der Waals surface area (Å²) >= 11 is 0. The van der Waals surface area contributed by atoms with Crippen LogP contribution in [-0.2, 0) is 4.74 Å². The van der Waals surface area contributed by atoms with E-state index in [1.807, 2.05) is 0 Å². The second-order valence-electron chi connectivity index (χ2n) is 21.8. The Hall–Kier alpha value is -0.664. The topological polar surface area (TPSA) is 72.8 Å². The molecule has 0 bridgehead atoms. The van der Waals surface area contributed by atoms with Gasteiger partial charge in [0.05, 0.1) is 26.4 Å². The number of quaternary nitrogens is 1. The smallest absolute Gasteiger partial charge is 1.00 e. The SMILES string of the molecule is CCCCCC1CCC(C2CCC(/C=C/c3ccc(C)c(F)c3F)CC2)CC1.CCCCCC1CCC(C2CCC(C(O)C(O)c3ccc(C)c(F)c3F)CC2)CC1.C[N+]1([O-])CCOCC1.[H-].[K+]. The third-order valence-electron chi connectivity index (χ3n) is 16.9. The van der Waals surface area contributed by atoms with Crippen molar-refractivity contribution < 1.29 is 90.0 Å².